The molecule has 2 aromatic rings. The maximum atomic E-state index is 12.5. The molecule has 1 aliphatic rings. The Bertz CT molecular complexity index is 1020. The molecule has 0 fully saturated rings. The van der Waals surface area contributed by atoms with Gasteiger partial charge in [-0.2, -0.15) is 0 Å². The fraction of sp³-hybridized carbons (Fsp3) is 0.294. The fourth-order valence-electron chi connectivity index (χ4n) is 2.57. The Morgan fingerprint density at radius 1 is 0.889 bits per heavy atom. The number of primary sulfonamides is 1. The molecule has 0 aliphatic carbocycles. The normalized spacial score (nSPS) is 14.6. The van der Waals surface area contributed by atoms with Gasteiger partial charge < -0.3 is 9.47 Å². The average Bonchev–Trinajstić information content (AvgIpc) is 2.86. The Morgan fingerprint density at radius 3 is 2.19 bits per heavy atom. The summed E-state index contributed by atoms with van der Waals surface area (Å²) in [6.07, 6.45) is 1.13. The number of nitrogens with one attached hydrogen (secondary N) is 1. The number of sulfonamides is 2. The molecule has 0 saturated carbocycles. The van der Waals surface area contributed by atoms with E-state index in [2.05, 4.69) is 4.72 Å². The smallest absolute Gasteiger partial charge is 0.240 e. The Kier molecular flexibility index (Phi) is 5.70. The summed E-state index contributed by atoms with van der Waals surface area (Å²) in [5.74, 6) is 0.940. The van der Waals surface area contributed by atoms with Crippen molar-refractivity contribution in [3.63, 3.8) is 0 Å². The van der Waals surface area contributed by atoms with Crippen LogP contribution in [-0.4, -0.2) is 36.6 Å². The standard InChI is InChI=1S/C17H20N2O6S2/c18-26(20,21)14-4-2-13(3-5-14)8-9-19-27(22,23)15-6-7-16-17(12-15)25-11-1-10-24-16/h2-7,12,19H,1,8-11H2,(H2,18,20,21). The highest BCUT2D eigenvalue weighted by atomic mass is 32.2. The third-order valence-electron chi connectivity index (χ3n) is 3.99. The summed E-state index contributed by atoms with van der Waals surface area (Å²) in [4.78, 5) is 0.107. The lowest BCUT2D eigenvalue weighted by Gasteiger charge is -2.11. The van der Waals surface area contributed by atoms with Crippen molar-refractivity contribution in [2.24, 2.45) is 5.14 Å². The van der Waals surface area contributed by atoms with E-state index in [1.54, 1.807) is 18.2 Å². The second-order valence-corrected chi connectivity index (χ2v) is 9.32. The molecule has 0 saturated heterocycles. The van der Waals surface area contributed by atoms with Gasteiger partial charge in [-0.25, -0.2) is 26.7 Å². The van der Waals surface area contributed by atoms with Crippen molar-refractivity contribution in [3.05, 3.63) is 48.0 Å². The highest BCUT2D eigenvalue weighted by molar-refractivity contribution is 7.89. The van der Waals surface area contributed by atoms with Crippen LogP contribution in [0.5, 0.6) is 11.5 Å². The van der Waals surface area contributed by atoms with E-state index in [1.807, 2.05) is 0 Å². The number of rotatable bonds is 6. The summed E-state index contributed by atoms with van der Waals surface area (Å²) < 4.78 is 61.0. The maximum Gasteiger partial charge on any atom is 0.240 e. The first kappa shape index (κ1) is 19.6. The van der Waals surface area contributed by atoms with Gasteiger partial charge in [-0.1, -0.05) is 12.1 Å². The topological polar surface area (TPSA) is 125 Å². The van der Waals surface area contributed by atoms with E-state index in [1.165, 1.54) is 24.3 Å². The van der Waals surface area contributed by atoms with Gasteiger partial charge in [0.1, 0.15) is 0 Å². The molecule has 8 nitrogen and oxygen atoms in total. The quantitative estimate of drug-likeness (QED) is 0.730. The molecular weight excluding hydrogens is 392 g/mol. The Balaban J connectivity index is 1.64. The van der Waals surface area contributed by atoms with Gasteiger partial charge in [-0.15, -0.1) is 0 Å². The highest BCUT2D eigenvalue weighted by Crippen LogP contribution is 2.31. The molecule has 10 heteroatoms. The van der Waals surface area contributed by atoms with Crippen molar-refractivity contribution >= 4 is 20.0 Å². The number of ether oxygens (including phenoxy) is 2. The first-order valence-electron chi connectivity index (χ1n) is 8.27. The van der Waals surface area contributed by atoms with E-state index in [-0.39, 0.29) is 16.3 Å². The molecule has 0 unspecified atom stereocenters. The van der Waals surface area contributed by atoms with Crippen LogP contribution in [0, 0.1) is 0 Å². The molecule has 0 aromatic heterocycles. The van der Waals surface area contributed by atoms with Crippen molar-refractivity contribution in [3.8, 4) is 11.5 Å². The fourth-order valence-corrected chi connectivity index (χ4v) is 4.13. The lowest BCUT2D eigenvalue weighted by Crippen LogP contribution is -2.26. The highest BCUT2D eigenvalue weighted by Gasteiger charge is 2.18. The van der Waals surface area contributed by atoms with Gasteiger partial charge in [-0.3, -0.25) is 0 Å². The Labute approximate surface area is 158 Å². The summed E-state index contributed by atoms with van der Waals surface area (Å²) in [6, 6.07) is 10.5. The van der Waals surface area contributed by atoms with E-state index in [4.69, 9.17) is 14.6 Å². The molecule has 0 atom stereocenters. The summed E-state index contributed by atoms with van der Waals surface area (Å²) >= 11 is 0. The monoisotopic (exact) mass is 412 g/mol. The summed E-state index contributed by atoms with van der Waals surface area (Å²) in [7, 11) is -7.45. The maximum absolute atomic E-state index is 12.5. The van der Waals surface area contributed by atoms with E-state index >= 15 is 0 Å². The third kappa shape index (κ3) is 4.98. The van der Waals surface area contributed by atoms with Crippen molar-refractivity contribution in [1.29, 1.82) is 0 Å². The van der Waals surface area contributed by atoms with Crippen LogP contribution in [0.3, 0.4) is 0 Å². The van der Waals surface area contributed by atoms with Crippen LogP contribution in [-0.2, 0) is 26.5 Å². The number of fused-ring (bicyclic) bond motifs is 1. The molecule has 2 aromatic carbocycles. The van der Waals surface area contributed by atoms with Crippen LogP contribution >= 0.6 is 0 Å². The molecule has 0 bridgehead atoms. The molecule has 3 rings (SSSR count). The minimum atomic E-state index is -3.74. The van der Waals surface area contributed by atoms with E-state index in [0.717, 1.165) is 12.0 Å². The molecule has 3 N–H and O–H groups in total. The van der Waals surface area contributed by atoms with Crippen LogP contribution in [0.1, 0.15) is 12.0 Å². The SMILES string of the molecule is NS(=O)(=O)c1ccc(CCNS(=O)(=O)c2ccc3c(c2)OCCCO3)cc1. The second-order valence-electron chi connectivity index (χ2n) is 6.00. The van der Waals surface area contributed by atoms with Crippen molar-refractivity contribution in [2.45, 2.75) is 22.6 Å². The van der Waals surface area contributed by atoms with Gasteiger partial charge in [0.15, 0.2) is 11.5 Å². The van der Waals surface area contributed by atoms with Crippen LogP contribution in [0.25, 0.3) is 0 Å². The number of hydrogen-bond acceptors (Lipinski definition) is 6. The zero-order valence-corrected chi connectivity index (χ0v) is 16.1. The van der Waals surface area contributed by atoms with Crippen molar-refractivity contribution in [2.75, 3.05) is 19.8 Å². The largest absolute Gasteiger partial charge is 0.490 e. The van der Waals surface area contributed by atoms with Gasteiger partial charge >= 0.3 is 0 Å². The first-order chi connectivity index (χ1) is 12.8. The van der Waals surface area contributed by atoms with E-state index < -0.39 is 20.0 Å². The molecule has 1 aliphatic heterocycles. The van der Waals surface area contributed by atoms with Crippen molar-refractivity contribution in [1.82, 2.24) is 4.72 Å². The minimum Gasteiger partial charge on any atom is -0.490 e. The molecule has 27 heavy (non-hydrogen) atoms. The first-order valence-corrected chi connectivity index (χ1v) is 11.3. The predicted octanol–water partition coefficient (Wildman–Crippen LogP) is 1.02. The molecular formula is C17H20N2O6S2. The Morgan fingerprint density at radius 2 is 1.52 bits per heavy atom. The van der Waals surface area contributed by atoms with E-state index in [0.29, 0.717) is 31.1 Å². The van der Waals surface area contributed by atoms with Crippen LogP contribution < -0.4 is 19.3 Å². The predicted molar refractivity (Wildman–Crippen MR) is 98.8 cm³/mol. The zero-order chi connectivity index (χ0) is 19.5. The zero-order valence-electron chi connectivity index (χ0n) is 14.4. The van der Waals surface area contributed by atoms with Gasteiger partial charge in [0, 0.05) is 19.0 Å². The number of hydrogen-bond donors (Lipinski definition) is 2. The van der Waals surface area contributed by atoms with Crippen LogP contribution in [0.15, 0.2) is 52.3 Å². The van der Waals surface area contributed by atoms with Gasteiger partial charge in [0.2, 0.25) is 20.0 Å². The van der Waals surface area contributed by atoms with Crippen molar-refractivity contribution < 1.29 is 26.3 Å². The lowest BCUT2D eigenvalue weighted by molar-refractivity contribution is 0.297. The molecule has 146 valence electrons. The van der Waals surface area contributed by atoms with Gasteiger partial charge in [0.25, 0.3) is 0 Å². The third-order valence-corrected chi connectivity index (χ3v) is 6.37. The average molecular weight is 412 g/mol. The molecule has 0 radical (unpaired) electrons. The lowest BCUT2D eigenvalue weighted by atomic mass is 10.2. The second kappa shape index (κ2) is 7.85. The van der Waals surface area contributed by atoms with E-state index in [9.17, 15) is 16.8 Å². The summed E-state index contributed by atoms with van der Waals surface area (Å²) in [6.45, 7) is 1.16. The van der Waals surface area contributed by atoms with Gasteiger partial charge in [0.05, 0.1) is 23.0 Å². The molecule has 1 heterocycles. The van der Waals surface area contributed by atoms with Gasteiger partial charge in [-0.05, 0) is 36.2 Å². The number of benzene rings is 2. The Hall–Kier alpha value is -2.14. The molecule has 0 amide bonds. The number of nitrogens with two attached hydrogens (primary N) is 1. The summed E-state index contributed by atoms with van der Waals surface area (Å²) in [5, 5.41) is 5.05. The summed E-state index contributed by atoms with van der Waals surface area (Å²) in [5.41, 5.74) is 0.781. The van der Waals surface area contributed by atoms with Crippen LogP contribution in [0.2, 0.25) is 0 Å². The molecule has 0 spiro atoms. The van der Waals surface area contributed by atoms with Crippen LogP contribution in [0.4, 0.5) is 0 Å². The minimum absolute atomic E-state index is 0.0130.